The second-order valence-corrected chi connectivity index (χ2v) is 11.7. The fourth-order valence-electron chi connectivity index (χ4n) is 5.35. The Balaban J connectivity index is 1.66. The second-order valence-electron chi connectivity index (χ2n) is 9.64. The summed E-state index contributed by atoms with van der Waals surface area (Å²) in [5.74, 6) is 1.05. The monoisotopic (exact) mass is 523 g/mol. The number of aliphatic hydroxyl groups excluding tert-OH is 1. The molecule has 3 atom stereocenters. The number of nitrogens with one attached hydrogen (secondary N) is 2. The standard InChI is InChI=1S/C29H37N3O4S/c1-32(37(3,34)35)25-14-15-26(36-2)24(18-25)20-30-28-23(16-17-33)19-31-29(28)27(21-10-6-4-7-11-21)22-12-8-5-9-13-22/h4-15,18,23,27-31,33H,16-17,19-20H2,1-3H3. The summed E-state index contributed by atoms with van der Waals surface area (Å²) >= 11 is 0. The van der Waals surface area contributed by atoms with E-state index in [9.17, 15) is 13.5 Å². The van der Waals surface area contributed by atoms with Crippen molar-refractivity contribution in [1.29, 1.82) is 0 Å². The number of rotatable bonds is 11. The highest BCUT2D eigenvalue weighted by molar-refractivity contribution is 7.92. The topological polar surface area (TPSA) is 90.9 Å². The first-order valence-corrected chi connectivity index (χ1v) is 14.5. The third kappa shape index (κ3) is 6.33. The molecular weight excluding hydrogens is 486 g/mol. The van der Waals surface area contributed by atoms with Crippen LogP contribution in [0.2, 0.25) is 0 Å². The number of hydrogen-bond acceptors (Lipinski definition) is 6. The first-order valence-electron chi connectivity index (χ1n) is 12.6. The molecule has 3 unspecified atom stereocenters. The minimum atomic E-state index is -3.39. The Morgan fingerprint density at radius 2 is 1.68 bits per heavy atom. The van der Waals surface area contributed by atoms with Crippen LogP contribution in [-0.2, 0) is 16.6 Å². The normalized spacial score (nSPS) is 19.8. The molecule has 7 nitrogen and oxygen atoms in total. The Labute approximate surface area is 220 Å². The third-order valence-electron chi connectivity index (χ3n) is 7.34. The van der Waals surface area contributed by atoms with Crippen LogP contribution in [0.4, 0.5) is 5.69 Å². The number of aliphatic hydroxyl groups is 1. The van der Waals surface area contributed by atoms with E-state index >= 15 is 0 Å². The molecule has 0 aromatic heterocycles. The first kappa shape index (κ1) is 27.1. The highest BCUT2D eigenvalue weighted by atomic mass is 32.2. The summed E-state index contributed by atoms with van der Waals surface area (Å²) in [5, 5.41) is 17.3. The molecular formula is C29H37N3O4S. The van der Waals surface area contributed by atoms with E-state index in [1.54, 1.807) is 26.3 Å². The zero-order valence-corrected chi connectivity index (χ0v) is 22.5. The van der Waals surface area contributed by atoms with Gasteiger partial charge in [-0.2, -0.15) is 0 Å². The van der Waals surface area contributed by atoms with Crippen LogP contribution < -0.4 is 19.7 Å². The van der Waals surface area contributed by atoms with Crippen molar-refractivity contribution in [3.63, 3.8) is 0 Å². The summed E-state index contributed by atoms with van der Waals surface area (Å²) in [6.45, 7) is 1.42. The van der Waals surface area contributed by atoms with Gasteiger partial charge in [-0.25, -0.2) is 8.42 Å². The number of ether oxygens (including phenoxy) is 1. The Hall–Kier alpha value is -2.91. The molecule has 0 radical (unpaired) electrons. The first-order chi connectivity index (χ1) is 17.8. The molecule has 8 heteroatoms. The average Bonchev–Trinajstić information content (AvgIpc) is 3.29. The molecule has 0 aliphatic carbocycles. The van der Waals surface area contributed by atoms with Crippen molar-refractivity contribution in [2.24, 2.45) is 5.92 Å². The zero-order valence-electron chi connectivity index (χ0n) is 21.7. The van der Waals surface area contributed by atoms with E-state index in [0.717, 1.165) is 12.1 Å². The van der Waals surface area contributed by atoms with Gasteiger partial charge in [0, 0.05) is 43.8 Å². The number of nitrogens with zero attached hydrogens (tertiary/aromatic N) is 1. The number of hydrogen-bond donors (Lipinski definition) is 3. The van der Waals surface area contributed by atoms with Crippen LogP contribution in [0, 0.1) is 5.92 Å². The van der Waals surface area contributed by atoms with Gasteiger partial charge in [0.2, 0.25) is 10.0 Å². The van der Waals surface area contributed by atoms with Crippen molar-refractivity contribution in [2.45, 2.75) is 31.0 Å². The average molecular weight is 524 g/mol. The lowest BCUT2D eigenvalue weighted by Crippen LogP contribution is -2.46. The maximum atomic E-state index is 12.1. The van der Waals surface area contributed by atoms with Crippen LogP contribution in [0.15, 0.2) is 78.9 Å². The number of sulfonamides is 1. The molecule has 4 rings (SSSR count). The third-order valence-corrected chi connectivity index (χ3v) is 8.55. The summed E-state index contributed by atoms with van der Waals surface area (Å²) in [5.41, 5.74) is 3.92. The Morgan fingerprint density at radius 3 is 2.22 bits per heavy atom. The smallest absolute Gasteiger partial charge is 0.231 e. The van der Waals surface area contributed by atoms with Crippen molar-refractivity contribution in [3.05, 3.63) is 95.6 Å². The van der Waals surface area contributed by atoms with Gasteiger partial charge >= 0.3 is 0 Å². The van der Waals surface area contributed by atoms with Crippen LogP contribution >= 0.6 is 0 Å². The molecule has 0 saturated carbocycles. The van der Waals surface area contributed by atoms with E-state index in [4.69, 9.17) is 4.74 Å². The van der Waals surface area contributed by atoms with Gasteiger partial charge < -0.3 is 20.5 Å². The maximum Gasteiger partial charge on any atom is 0.231 e. The van der Waals surface area contributed by atoms with Gasteiger partial charge in [0.05, 0.1) is 19.1 Å². The van der Waals surface area contributed by atoms with Gasteiger partial charge in [-0.3, -0.25) is 4.31 Å². The Kier molecular flexibility index (Phi) is 8.87. The lowest BCUT2D eigenvalue weighted by molar-refractivity contribution is 0.241. The van der Waals surface area contributed by atoms with Gasteiger partial charge in [-0.1, -0.05) is 60.7 Å². The SMILES string of the molecule is COc1ccc(N(C)S(C)(=O)=O)cc1CNC1C(CCO)CNC1C(c1ccccc1)c1ccccc1. The van der Waals surface area contributed by atoms with Gasteiger partial charge in [-0.05, 0) is 48.2 Å². The maximum absolute atomic E-state index is 12.1. The molecule has 1 fully saturated rings. The minimum absolute atomic E-state index is 0.0681. The van der Waals surface area contributed by atoms with Crippen molar-refractivity contribution in [2.75, 3.05) is 37.9 Å². The molecule has 37 heavy (non-hydrogen) atoms. The summed E-state index contributed by atoms with van der Waals surface area (Å²) in [6.07, 6.45) is 1.88. The lowest BCUT2D eigenvalue weighted by atomic mass is 9.80. The van der Waals surface area contributed by atoms with E-state index in [2.05, 4.69) is 59.2 Å². The van der Waals surface area contributed by atoms with Crippen molar-refractivity contribution < 1.29 is 18.3 Å². The van der Waals surface area contributed by atoms with Crippen molar-refractivity contribution in [1.82, 2.24) is 10.6 Å². The van der Waals surface area contributed by atoms with Gasteiger partial charge in [0.1, 0.15) is 5.75 Å². The molecule has 3 N–H and O–H groups in total. The Morgan fingerprint density at radius 1 is 1.05 bits per heavy atom. The minimum Gasteiger partial charge on any atom is -0.496 e. The number of methoxy groups -OCH3 is 1. The number of anilines is 1. The fourth-order valence-corrected chi connectivity index (χ4v) is 5.84. The van der Waals surface area contributed by atoms with Crippen LogP contribution in [0.5, 0.6) is 5.75 Å². The van der Waals surface area contributed by atoms with Crippen LogP contribution in [0.1, 0.15) is 29.0 Å². The fraction of sp³-hybridized carbons (Fsp3) is 0.379. The lowest BCUT2D eigenvalue weighted by Gasteiger charge is -2.32. The Bertz CT molecular complexity index is 1220. The van der Waals surface area contributed by atoms with Gasteiger partial charge in [0.25, 0.3) is 0 Å². The molecule has 0 spiro atoms. The second kappa shape index (κ2) is 12.1. The molecule has 0 bridgehead atoms. The van der Waals surface area contributed by atoms with Crippen LogP contribution in [0.3, 0.4) is 0 Å². The van der Waals surface area contributed by atoms with E-state index in [1.165, 1.54) is 21.7 Å². The summed E-state index contributed by atoms with van der Waals surface area (Å²) < 4.78 is 31.1. The summed E-state index contributed by atoms with van der Waals surface area (Å²) in [6, 6.07) is 26.6. The highest BCUT2D eigenvalue weighted by Gasteiger charge is 2.40. The van der Waals surface area contributed by atoms with Gasteiger partial charge in [0.15, 0.2) is 0 Å². The predicted octanol–water partition coefficient (Wildman–Crippen LogP) is 3.35. The molecule has 198 valence electrons. The van der Waals surface area contributed by atoms with E-state index in [-0.39, 0.29) is 30.5 Å². The molecule has 1 heterocycles. The molecule has 1 aliphatic rings. The zero-order chi connectivity index (χ0) is 26.4. The quantitative estimate of drug-likeness (QED) is 0.357. The van der Waals surface area contributed by atoms with Crippen LogP contribution in [0.25, 0.3) is 0 Å². The summed E-state index contributed by atoms with van der Waals surface area (Å²) in [7, 11) is -0.218. The molecule has 3 aromatic rings. The van der Waals surface area contributed by atoms with Crippen molar-refractivity contribution >= 4 is 15.7 Å². The largest absolute Gasteiger partial charge is 0.496 e. The molecule has 1 aliphatic heterocycles. The van der Waals surface area contributed by atoms with E-state index in [0.29, 0.717) is 24.4 Å². The van der Waals surface area contributed by atoms with Crippen molar-refractivity contribution in [3.8, 4) is 5.75 Å². The predicted molar refractivity (Wildman–Crippen MR) is 149 cm³/mol. The highest BCUT2D eigenvalue weighted by Crippen LogP contribution is 2.35. The van der Waals surface area contributed by atoms with Crippen LogP contribution in [-0.4, -0.2) is 59.2 Å². The van der Waals surface area contributed by atoms with Gasteiger partial charge in [-0.15, -0.1) is 0 Å². The van der Waals surface area contributed by atoms with E-state index < -0.39 is 10.0 Å². The molecule has 0 amide bonds. The number of benzene rings is 3. The van der Waals surface area contributed by atoms with E-state index in [1.807, 2.05) is 18.2 Å². The molecule has 3 aromatic carbocycles. The summed E-state index contributed by atoms with van der Waals surface area (Å²) in [4.78, 5) is 0. The molecule has 1 saturated heterocycles.